The molecule has 6 nitrogen and oxygen atoms in total. The van der Waals surface area contributed by atoms with E-state index in [1.807, 2.05) is 35.2 Å². The van der Waals surface area contributed by atoms with Crippen LogP contribution in [0.3, 0.4) is 0 Å². The van der Waals surface area contributed by atoms with Crippen molar-refractivity contribution in [3.8, 4) is 0 Å². The minimum Gasteiger partial charge on any atom is -0.375 e. The minimum atomic E-state index is -1.43. The molecule has 3 N–H and O–H groups in total. The van der Waals surface area contributed by atoms with E-state index in [2.05, 4.69) is 9.89 Å². The first-order chi connectivity index (χ1) is 14.6. The highest BCUT2D eigenvalue weighted by molar-refractivity contribution is 5.87. The van der Waals surface area contributed by atoms with Crippen molar-refractivity contribution < 1.29 is 9.90 Å². The number of hydrogen-bond donors (Lipinski definition) is 2. The van der Waals surface area contributed by atoms with Crippen LogP contribution in [0, 0.1) is 11.8 Å². The Bertz CT molecular complexity index is 733. The second-order valence-electron chi connectivity index (χ2n) is 9.24. The zero-order valence-corrected chi connectivity index (χ0v) is 18.0. The van der Waals surface area contributed by atoms with Gasteiger partial charge in [-0.15, -0.1) is 0 Å². The summed E-state index contributed by atoms with van der Waals surface area (Å²) in [7, 11) is 0. The Morgan fingerprint density at radius 3 is 2.17 bits per heavy atom. The second-order valence-corrected chi connectivity index (χ2v) is 9.24. The van der Waals surface area contributed by atoms with E-state index in [0.717, 1.165) is 37.8 Å². The van der Waals surface area contributed by atoms with Crippen molar-refractivity contribution in [1.82, 2.24) is 9.80 Å². The van der Waals surface area contributed by atoms with Crippen LogP contribution in [0.15, 0.2) is 35.3 Å². The number of hydrogen-bond acceptors (Lipinski definition) is 3. The summed E-state index contributed by atoms with van der Waals surface area (Å²) < 4.78 is 0. The molecule has 1 atom stereocenters. The molecule has 2 aliphatic carbocycles. The minimum absolute atomic E-state index is 0.0107. The molecule has 1 unspecified atom stereocenters. The normalized spacial score (nSPS) is 23.7. The second kappa shape index (κ2) is 9.38. The highest BCUT2D eigenvalue weighted by Crippen LogP contribution is 2.42. The van der Waals surface area contributed by atoms with Crippen LogP contribution in [-0.4, -0.2) is 59.5 Å². The molecule has 1 saturated heterocycles. The molecule has 1 aromatic rings. The van der Waals surface area contributed by atoms with Crippen LogP contribution < -0.4 is 5.73 Å². The van der Waals surface area contributed by atoms with Crippen molar-refractivity contribution >= 4 is 11.9 Å². The third-order valence-corrected chi connectivity index (χ3v) is 7.36. The third-order valence-electron chi connectivity index (χ3n) is 7.36. The van der Waals surface area contributed by atoms with Crippen molar-refractivity contribution in [2.24, 2.45) is 22.6 Å². The van der Waals surface area contributed by atoms with Crippen LogP contribution in [0.1, 0.15) is 56.9 Å². The van der Waals surface area contributed by atoms with Gasteiger partial charge in [0.25, 0.3) is 5.91 Å². The van der Waals surface area contributed by atoms with E-state index in [1.54, 1.807) is 0 Å². The van der Waals surface area contributed by atoms with Gasteiger partial charge in [-0.1, -0.05) is 56.0 Å². The Hall–Kier alpha value is -2.08. The molecule has 4 rings (SSSR count). The summed E-state index contributed by atoms with van der Waals surface area (Å²) in [5.41, 5.74) is 5.54. The number of rotatable bonds is 5. The van der Waals surface area contributed by atoms with Crippen LogP contribution in [0.2, 0.25) is 0 Å². The van der Waals surface area contributed by atoms with Crippen molar-refractivity contribution in [3.63, 3.8) is 0 Å². The van der Waals surface area contributed by atoms with E-state index in [1.165, 1.54) is 25.7 Å². The SMILES string of the molecule is NC(=NCC1CCCC1)N1CCN(C(=O)C(O)(c2ccccc2)C2CCCC2)CC1. The maximum atomic E-state index is 13.6. The first-order valence-electron chi connectivity index (χ1n) is 11.7. The zero-order valence-electron chi connectivity index (χ0n) is 18.0. The van der Waals surface area contributed by atoms with Crippen LogP contribution in [0.4, 0.5) is 0 Å². The first-order valence-corrected chi connectivity index (χ1v) is 11.7. The average Bonchev–Trinajstić information content (AvgIpc) is 3.52. The number of nitrogens with two attached hydrogens (primary N) is 1. The molecule has 30 heavy (non-hydrogen) atoms. The van der Waals surface area contributed by atoms with Crippen molar-refractivity contribution in [1.29, 1.82) is 0 Å². The summed E-state index contributed by atoms with van der Waals surface area (Å²) in [6, 6.07) is 9.51. The van der Waals surface area contributed by atoms with E-state index in [9.17, 15) is 9.90 Å². The van der Waals surface area contributed by atoms with Gasteiger partial charge in [0.05, 0.1) is 0 Å². The van der Waals surface area contributed by atoms with Gasteiger partial charge in [-0.2, -0.15) is 0 Å². The molecule has 2 saturated carbocycles. The Morgan fingerprint density at radius 2 is 1.53 bits per heavy atom. The zero-order chi connectivity index (χ0) is 21.0. The Kier molecular flexibility index (Phi) is 6.61. The lowest BCUT2D eigenvalue weighted by atomic mass is 9.79. The van der Waals surface area contributed by atoms with Crippen molar-refractivity contribution in [2.45, 2.75) is 57.0 Å². The molecule has 0 radical (unpaired) electrons. The maximum absolute atomic E-state index is 13.6. The van der Waals surface area contributed by atoms with Crippen LogP contribution >= 0.6 is 0 Å². The standard InChI is InChI=1S/C24H36N4O2/c25-23(26-18-19-8-4-5-9-19)28-16-14-27(15-17-28)22(29)24(30,21-12-6-7-13-21)20-10-2-1-3-11-20/h1-3,10-11,19,21,30H,4-9,12-18H2,(H2,25,26). The number of nitrogens with zero attached hydrogens (tertiary/aromatic N) is 3. The molecule has 3 aliphatic rings. The van der Waals surface area contributed by atoms with Gasteiger partial charge in [0.15, 0.2) is 11.6 Å². The van der Waals surface area contributed by atoms with E-state index in [0.29, 0.717) is 38.1 Å². The lowest BCUT2D eigenvalue weighted by molar-refractivity contribution is -0.160. The van der Waals surface area contributed by atoms with Gasteiger partial charge in [-0.25, -0.2) is 0 Å². The van der Waals surface area contributed by atoms with E-state index >= 15 is 0 Å². The largest absolute Gasteiger partial charge is 0.375 e. The lowest BCUT2D eigenvalue weighted by Gasteiger charge is -2.41. The predicted octanol–water partition coefficient (Wildman–Crippen LogP) is 2.71. The summed E-state index contributed by atoms with van der Waals surface area (Å²) in [6.45, 7) is 3.30. The Balaban J connectivity index is 1.41. The van der Waals surface area contributed by atoms with Crippen molar-refractivity contribution in [3.05, 3.63) is 35.9 Å². The summed E-state index contributed by atoms with van der Waals surface area (Å²) in [5, 5.41) is 11.7. The highest BCUT2D eigenvalue weighted by Gasteiger charge is 2.48. The molecule has 1 aromatic carbocycles. The van der Waals surface area contributed by atoms with E-state index in [-0.39, 0.29) is 11.8 Å². The van der Waals surface area contributed by atoms with E-state index < -0.39 is 5.60 Å². The highest BCUT2D eigenvalue weighted by atomic mass is 16.3. The van der Waals surface area contributed by atoms with E-state index in [4.69, 9.17) is 5.73 Å². The number of aliphatic imine (C=N–C) groups is 1. The number of carbonyl (C=O) groups excluding carboxylic acids is 1. The number of guanidine groups is 1. The molecule has 1 aliphatic heterocycles. The summed E-state index contributed by atoms with van der Waals surface area (Å²) >= 11 is 0. The summed E-state index contributed by atoms with van der Waals surface area (Å²) in [4.78, 5) is 22.1. The van der Waals surface area contributed by atoms with Crippen LogP contribution in [0.5, 0.6) is 0 Å². The summed E-state index contributed by atoms with van der Waals surface area (Å²) in [6.07, 6.45) is 9.11. The topological polar surface area (TPSA) is 82.2 Å². The van der Waals surface area contributed by atoms with Crippen molar-refractivity contribution in [2.75, 3.05) is 32.7 Å². The molecule has 1 heterocycles. The van der Waals surface area contributed by atoms with Gasteiger partial charge in [0, 0.05) is 38.6 Å². The van der Waals surface area contributed by atoms with Gasteiger partial charge < -0.3 is 20.6 Å². The molecule has 1 amide bonds. The molecule has 3 fully saturated rings. The number of aliphatic hydroxyl groups is 1. The van der Waals surface area contributed by atoms with Crippen LogP contribution in [0.25, 0.3) is 0 Å². The number of carbonyl (C=O) groups is 1. The quantitative estimate of drug-likeness (QED) is 0.575. The smallest absolute Gasteiger partial charge is 0.259 e. The number of benzene rings is 1. The Morgan fingerprint density at radius 1 is 0.967 bits per heavy atom. The molecule has 6 heteroatoms. The maximum Gasteiger partial charge on any atom is 0.259 e. The molecule has 164 valence electrons. The lowest BCUT2D eigenvalue weighted by Crippen LogP contribution is -2.58. The molecular formula is C24H36N4O2. The molecule has 0 aromatic heterocycles. The summed E-state index contributed by atoms with van der Waals surface area (Å²) in [5.74, 6) is 1.12. The van der Waals surface area contributed by atoms with Gasteiger partial charge in [0.2, 0.25) is 0 Å². The van der Waals surface area contributed by atoms with Gasteiger partial charge in [-0.05, 0) is 37.2 Å². The molecule has 0 spiro atoms. The fourth-order valence-electron chi connectivity index (χ4n) is 5.46. The predicted molar refractivity (Wildman–Crippen MR) is 119 cm³/mol. The Labute approximate surface area is 180 Å². The fraction of sp³-hybridized carbons (Fsp3) is 0.667. The van der Waals surface area contributed by atoms with Crippen LogP contribution in [-0.2, 0) is 10.4 Å². The van der Waals surface area contributed by atoms with Gasteiger partial charge in [-0.3, -0.25) is 9.79 Å². The van der Waals surface area contributed by atoms with Gasteiger partial charge >= 0.3 is 0 Å². The van der Waals surface area contributed by atoms with Gasteiger partial charge in [0.1, 0.15) is 0 Å². The monoisotopic (exact) mass is 412 g/mol. The third kappa shape index (κ3) is 4.34. The average molecular weight is 413 g/mol. The fourth-order valence-corrected chi connectivity index (χ4v) is 5.46. The molecule has 0 bridgehead atoms. The number of piperazine rings is 1. The molecular weight excluding hydrogens is 376 g/mol. The number of amides is 1. The first kappa shape index (κ1) is 21.2.